The van der Waals surface area contributed by atoms with E-state index in [1.807, 2.05) is 24.3 Å². The lowest BCUT2D eigenvalue weighted by Gasteiger charge is -2.44. The number of para-hydroxylation sites is 2. The highest BCUT2D eigenvalue weighted by Crippen LogP contribution is 2.51. The number of fused-ring (bicyclic) bond motifs is 3. The van der Waals surface area contributed by atoms with Crippen molar-refractivity contribution in [3.8, 4) is 11.5 Å². The van der Waals surface area contributed by atoms with Crippen molar-refractivity contribution in [2.75, 3.05) is 4.90 Å². The van der Waals surface area contributed by atoms with Gasteiger partial charge in [-0.3, -0.25) is 0 Å². The summed E-state index contributed by atoms with van der Waals surface area (Å²) in [6, 6.07) is 20.1. The third-order valence-electron chi connectivity index (χ3n) is 6.23. The quantitative estimate of drug-likeness (QED) is 0.348. The van der Waals surface area contributed by atoms with Crippen LogP contribution in [0.25, 0.3) is 0 Å². The molecule has 32 heavy (non-hydrogen) atoms. The fraction of sp³-hybridized carbons (Fsp3) is 0.111. The average Bonchev–Trinajstić information content (AvgIpc) is 2.78. The van der Waals surface area contributed by atoms with Gasteiger partial charge in [0.05, 0.1) is 5.69 Å². The molecular weight excluding hydrogens is 418 g/mol. The Labute approximate surface area is 188 Å². The molecule has 3 aromatic carbocycles. The lowest BCUT2D eigenvalue weighted by atomic mass is 9.72. The van der Waals surface area contributed by atoms with Gasteiger partial charge in [0.15, 0.2) is 0 Å². The van der Waals surface area contributed by atoms with Crippen LogP contribution in [0.1, 0.15) is 19.4 Å². The van der Waals surface area contributed by atoms with E-state index in [-0.39, 0.29) is 15.2 Å². The van der Waals surface area contributed by atoms with Crippen LogP contribution in [0.2, 0.25) is 0 Å². The van der Waals surface area contributed by atoms with Crippen LogP contribution in [0, 0.1) is 0 Å². The maximum atomic E-state index is 13.2. The number of ether oxygens (including phenoxy) is 1. The van der Waals surface area contributed by atoms with Crippen LogP contribution in [0.5, 0.6) is 11.5 Å². The molecule has 0 atom stereocenters. The Kier molecular flexibility index (Phi) is 4.43. The molecule has 5 heteroatoms. The molecule has 4 nitrogen and oxygen atoms in total. The van der Waals surface area contributed by atoms with E-state index in [0.717, 1.165) is 28.2 Å². The highest BCUT2D eigenvalue weighted by Gasteiger charge is 2.39. The molecule has 0 aromatic heterocycles. The third kappa shape index (κ3) is 2.78. The maximum Gasteiger partial charge on any atom is 0.213 e. The predicted molar refractivity (Wildman–Crippen MR) is 127 cm³/mol. The highest BCUT2D eigenvalue weighted by molar-refractivity contribution is 7.91. The molecule has 0 fully saturated rings. The van der Waals surface area contributed by atoms with Crippen molar-refractivity contribution in [1.29, 1.82) is 0 Å². The molecular formula is C27H23NO3S. The summed E-state index contributed by atoms with van der Waals surface area (Å²) in [5.74, 6) is 0.649. The molecule has 0 saturated heterocycles. The van der Waals surface area contributed by atoms with Crippen LogP contribution in [0.4, 0.5) is 11.4 Å². The molecule has 2 aliphatic heterocycles. The first kappa shape index (κ1) is 20.3. The van der Waals surface area contributed by atoms with E-state index in [4.69, 9.17) is 4.74 Å². The van der Waals surface area contributed by atoms with Crippen molar-refractivity contribution in [3.63, 3.8) is 0 Å². The van der Waals surface area contributed by atoms with E-state index in [0.29, 0.717) is 11.5 Å². The highest BCUT2D eigenvalue weighted by atomic mass is 32.2. The van der Waals surface area contributed by atoms with E-state index in [2.05, 4.69) is 44.0 Å². The second-order valence-electron chi connectivity index (χ2n) is 8.43. The monoisotopic (exact) mass is 441 g/mol. The third-order valence-corrected chi connectivity index (χ3v) is 8.06. The second-order valence-corrected chi connectivity index (χ2v) is 10.3. The summed E-state index contributed by atoms with van der Waals surface area (Å²) >= 11 is 0. The van der Waals surface area contributed by atoms with Gasteiger partial charge in [-0.05, 0) is 47.5 Å². The Morgan fingerprint density at radius 3 is 2.41 bits per heavy atom. The van der Waals surface area contributed by atoms with Crippen LogP contribution in [0.3, 0.4) is 0 Å². The van der Waals surface area contributed by atoms with Gasteiger partial charge in [0.25, 0.3) is 0 Å². The molecule has 0 saturated carbocycles. The van der Waals surface area contributed by atoms with Gasteiger partial charge in [-0.15, -0.1) is 0 Å². The molecule has 0 N–H and O–H groups in total. The molecule has 0 unspecified atom stereocenters. The Hall–Kier alpha value is -3.57. The minimum Gasteiger partial charge on any atom is -0.455 e. The Balaban J connectivity index is 1.73. The molecule has 0 spiro atoms. The van der Waals surface area contributed by atoms with E-state index < -0.39 is 9.84 Å². The van der Waals surface area contributed by atoms with Crippen LogP contribution in [0.15, 0.2) is 113 Å². The van der Waals surface area contributed by atoms with E-state index >= 15 is 0 Å². The molecule has 2 heterocycles. The second kappa shape index (κ2) is 6.97. The smallest absolute Gasteiger partial charge is 0.213 e. The van der Waals surface area contributed by atoms with Gasteiger partial charge in [-0.2, -0.15) is 0 Å². The SMILES string of the molecule is C=C/C=C1\C(=C)C(C)(C)c2ccccc2N1c1ccc2c(c1)Oc1ccccc1S2(=O)=O. The van der Waals surface area contributed by atoms with Crippen molar-refractivity contribution in [2.45, 2.75) is 29.1 Å². The Morgan fingerprint density at radius 1 is 0.938 bits per heavy atom. The summed E-state index contributed by atoms with van der Waals surface area (Å²) in [4.78, 5) is 2.44. The van der Waals surface area contributed by atoms with Crippen molar-refractivity contribution >= 4 is 21.2 Å². The Morgan fingerprint density at radius 2 is 1.62 bits per heavy atom. The molecule has 0 aliphatic carbocycles. The summed E-state index contributed by atoms with van der Waals surface area (Å²) in [5.41, 5.74) is 4.53. The van der Waals surface area contributed by atoms with Gasteiger partial charge >= 0.3 is 0 Å². The fourth-order valence-electron chi connectivity index (χ4n) is 4.44. The first-order valence-electron chi connectivity index (χ1n) is 10.3. The lowest BCUT2D eigenvalue weighted by molar-refractivity contribution is 0.443. The van der Waals surface area contributed by atoms with Crippen LogP contribution >= 0.6 is 0 Å². The fourth-order valence-corrected chi connectivity index (χ4v) is 5.92. The molecule has 3 aromatic rings. The molecule has 2 aliphatic rings. The van der Waals surface area contributed by atoms with Gasteiger partial charge in [-0.25, -0.2) is 8.42 Å². The number of sulfone groups is 1. The summed E-state index contributed by atoms with van der Waals surface area (Å²) in [7, 11) is -3.65. The van der Waals surface area contributed by atoms with Gasteiger partial charge < -0.3 is 9.64 Å². The zero-order valence-corrected chi connectivity index (χ0v) is 18.8. The van der Waals surface area contributed by atoms with Crippen LogP contribution < -0.4 is 9.64 Å². The molecule has 160 valence electrons. The number of hydrogen-bond donors (Lipinski definition) is 0. The molecule has 0 radical (unpaired) electrons. The number of rotatable bonds is 2. The zero-order valence-electron chi connectivity index (χ0n) is 18.0. The minimum absolute atomic E-state index is 0.165. The van der Waals surface area contributed by atoms with Gasteiger partial charge in [-0.1, -0.05) is 63.4 Å². The first-order chi connectivity index (χ1) is 15.3. The Bertz CT molecular complexity index is 1430. The number of allylic oxidation sites excluding steroid dienone is 3. The predicted octanol–water partition coefficient (Wildman–Crippen LogP) is 6.68. The first-order valence-corrected chi connectivity index (χ1v) is 11.8. The number of benzene rings is 3. The van der Waals surface area contributed by atoms with E-state index in [1.165, 1.54) is 0 Å². The van der Waals surface area contributed by atoms with Crippen LogP contribution in [-0.4, -0.2) is 8.42 Å². The van der Waals surface area contributed by atoms with E-state index in [1.54, 1.807) is 42.5 Å². The molecule has 0 amide bonds. The summed E-state index contributed by atoms with van der Waals surface area (Å²) in [5, 5.41) is 0. The molecule has 0 bridgehead atoms. The van der Waals surface area contributed by atoms with Crippen molar-refractivity contribution in [2.24, 2.45) is 0 Å². The number of hydrogen-bond acceptors (Lipinski definition) is 4. The largest absolute Gasteiger partial charge is 0.455 e. The standard InChI is InChI=1S/C27H23NO3S/c1-5-10-21-18(2)27(3,4)20-11-6-7-12-22(20)28(21)19-15-16-26-24(17-19)31-23-13-8-9-14-25(23)32(26,29)30/h5-17H,1-2H2,3-4H3/b21-10+. The minimum atomic E-state index is -3.65. The summed E-state index contributed by atoms with van der Waals surface area (Å²) < 4.78 is 32.3. The zero-order chi connectivity index (χ0) is 22.7. The van der Waals surface area contributed by atoms with Crippen molar-refractivity contribution < 1.29 is 13.2 Å². The maximum absolute atomic E-state index is 13.2. The summed E-state index contributed by atoms with van der Waals surface area (Å²) in [6.45, 7) is 12.6. The van der Waals surface area contributed by atoms with Gasteiger partial charge in [0.2, 0.25) is 9.84 Å². The lowest BCUT2D eigenvalue weighted by Crippen LogP contribution is -2.35. The van der Waals surface area contributed by atoms with Crippen molar-refractivity contribution in [1.82, 2.24) is 0 Å². The number of anilines is 2. The summed E-state index contributed by atoms with van der Waals surface area (Å²) in [6.07, 6.45) is 3.68. The van der Waals surface area contributed by atoms with E-state index in [9.17, 15) is 8.42 Å². The van der Waals surface area contributed by atoms with Gasteiger partial charge in [0.1, 0.15) is 21.3 Å². The number of nitrogens with zero attached hydrogens (tertiary/aromatic N) is 1. The molecule has 5 rings (SSSR count). The van der Waals surface area contributed by atoms with Gasteiger partial charge in [0, 0.05) is 22.9 Å². The van der Waals surface area contributed by atoms with Crippen LogP contribution in [-0.2, 0) is 15.3 Å². The van der Waals surface area contributed by atoms with Crippen molar-refractivity contribution in [3.05, 3.63) is 109 Å². The average molecular weight is 442 g/mol. The topological polar surface area (TPSA) is 46.6 Å². The normalized spacial score (nSPS) is 18.9.